The lowest BCUT2D eigenvalue weighted by Crippen LogP contribution is -2.47. The average molecular weight is 270 g/mol. The van der Waals surface area contributed by atoms with Gasteiger partial charge in [0.1, 0.15) is 5.75 Å². The van der Waals surface area contributed by atoms with Crippen molar-refractivity contribution in [3.05, 3.63) is 28.8 Å². The summed E-state index contributed by atoms with van der Waals surface area (Å²) < 4.78 is 0. The molecule has 1 saturated heterocycles. The van der Waals surface area contributed by atoms with Crippen LogP contribution in [0.3, 0.4) is 0 Å². The minimum absolute atomic E-state index is 0.0393. The number of halogens is 1. The van der Waals surface area contributed by atoms with Crippen molar-refractivity contribution in [3.63, 3.8) is 0 Å². The number of phenolic OH excluding ortho intramolecular Hbond substituents is 1. The highest BCUT2D eigenvalue weighted by Gasteiger charge is 2.24. The summed E-state index contributed by atoms with van der Waals surface area (Å²) >= 11 is 6.00. The normalized spacial score (nSPS) is 19.9. The molecule has 0 saturated carbocycles. The van der Waals surface area contributed by atoms with Crippen molar-refractivity contribution in [1.29, 1.82) is 0 Å². The van der Waals surface area contributed by atoms with Gasteiger partial charge in [-0.1, -0.05) is 11.6 Å². The second-order valence-electron chi connectivity index (χ2n) is 4.79. The van der Waals surface area contributed by atoms with Gasteiger partial charge in [-0.05, 0) is 25.2 Å². The van der Waals surface area contributed by atoms with Crippen LogP contribution in [0.1, 0.15) is 11.6 Å². The number of likely N-dealkylation sites (N-methyl/N-ethyl adjacent to an activating group) is 1. The minimum atomic E-state index is 0.0393. The molecule has 1 aromatic carbocycles. The molecule has 0 radical (unpaired) electrons. The molecule has 1 fully saturated rings. The molecule has 1 aliphatic rings. The van der Waals surface area contributed by atoms with E-state index >= 15 is 0 Å². The van der Waals surface area contributed by atoms with Crippen LogP contribution in [-0.2, 0) is 0 Å². The Morgan fingerprint density at radius 1 is 1.33 bits per heavy atom. The van der Waals surface area contributed by atoms with Crippen LogP contribution in [0.25, 0.3) is 0 Å². The molecule has 18 heavy (non-hydrogen) atoms. The van der Waals surface area contributed by atoms with E-state index < -0.39 is 0 Å². The maximum atomic E-state index is 9.97. The SMILES string of the molecule is CN1CCN(C(CN)c2cc(Cl)ccc2O)CC1. The molecule has 100 valence electrons. The minimum Gasteiger partial charge on any atom is -0.508 e. The lowest BCUT2D eigenvalue weighted by molar-refractivity contribution is 0.113. The van der Waals surface area contributed by atoms with Crippen LogP contribution in [0.15, 0.2) is 18.2 Å². The maximum absolute atomic E-state index is 9.97. The zero-order chi connectivity index (χ0) is 13.1. The molecule has 5 heteroatoms. The monoisotopic (exact) mass is 269 g/mol. The van der Waals surface area contributed by atoms with Gasteiger partial charge in [-0.25, -0.2) is 0 Å². The average Bonchev–Trinajstić information content (AvgIpc) is 2.37. The van der Waals surface area contributed by atoms with E-state index in [-0.39, 0.29) is 11.8 Å². The number of nitrogens with zero attached hydrogens (tertiary/aromatic N) is 2. The summed E-state index contributed by atoms with van der Waals surface area (Å²) in [6, 6.07) is 5.18. The summed E-state index contributed by atoms with van der Waals surface area (Å²) in [4.78, 5) is 4.60. The van der Waals surface area contributed by atoms with Gasteiger partial charge in [0, 0.05) is 43.3 Å². The zero-order valence-corrected chi connectivity index (χ0v) is 11.4. The molecule has 0 aliphatic carbocycles. The maximum Gasteiger partial charge on any atom is 0.120 e. The van der Waals surface area contributed by atoms with Crippen LogP contribution in [0, 0.1) is 0 Å². The van der Waals surface area contributed by atoms with E-state index in [1.54, 1.807) is 12.1 Å². The first kappa shape index (κ1) is 13.6. The molecule has 0 aromatic heterocycles. The Morgan fingerprint density at radius 2 is 2.00 bits per heavy atom. The third kappa shape index (κ3) is 2.95. The second kappa shape index (κ2) is 5.89. The zero-order valence-electron chi connectivity index (χ0n) is 10.6. The number of piperazine rings is 1. The van der Waals surface area contributed by atoms with Crippen molar-refractivity contribution in [2.45, 2.75) is 6.04 Å². The van der Waals surface area contributed by atoms with E-state index in [9.17, 15) is 5.11 Å². The highest BCUT2D eigenvalue weighted by molar-refractivity contribution is 6.30. The van der Waals surface area contributed by atoms with Crippen molar-refractivity contribution in [2.24, 2.45) is 5.73 Å². The summed E-state index contributed by atoms with van der Waals surface area (Å²) in [5.41, 5.74) is 6.71. The fourth-order valence-electron chi connectivity index (χ4n) is 2.40. The molecule has 1 heterocycles. The molecule has 1 atom stereocenters. The predicted octanol–water partition coefficient (Wildman–Crippen LogP) is 1.29. The van der Waals surface area contributed by atoms with Crippen molar-refractivity contribution in [2.75, 3.05) is 39.8 Å². The highest BCUT2D eigenvalue weighted by Crippen LogP contribution is 2.31. The fraction of sp³-hybridized carbons (Fsp3) is 0.538. The molecule has 1 aromatic rings. The molecular formula is C13H20ClN3O. The Kier molecular flexibility index (Phi) is 4.45. The number of benzene rings is 1. The molecule has 0 spiro atoms. The number of aromatic hydroxyl groups is 1. The first-order valence-corrected chi connectivity index (χ1v) is 6.60. The number of hydrogen-bond acceptors (Lipinski definition) is 4. The summed E-state index contributed by atoms with van der Waals surface area (Å²) in [5, 5.41) is 10.6. The molecule has 2 rings (SSSR count). The van der Waals surface area contributed by atoms with Gasteiger partial charge >= 0.3 is 0 Å². The number of phenols is 1. The topological polar surface area (TPSA) is 52.7 Å². The van der Waals surface area contributed by atoms with Gasteiger partial charge in [-0.2, -0.15) is 0 Å². The Morgan fingerprint density at radius 3 is 2.61 bits per heavy atom. The standard InChI is InChI=1S/C13H20ClN3O/c1-16-4-6-17(7-5-16)12(9-15)11-8-10(14)2-3-13(11)18/h2-3,8,12,18H,4-7,9,15H2,1H3. The van der Waals surface area contributed by atoms with Gasteiger partial charge in [0.15, 0.2) is 0 Å². The lowest BCUT2D eigenvalue weighted by Gasteiger charge is -2.37. The van der Waals surface area contributed by atoms with Gasteiger partial charge < -0.3 is 15.7 Å². The van der Waals surface area contributed by atoms with E-state index in [1.165, 1.54) is 0 Å². The molecule has 0 bridgehead atoms. The summed E-state index contributed by atoms with van der Waals surface area (Å²) in [6.45, 7) is 4.46. The Bertz CT molecular complexity index is 405. The van der Waals surface area contributed by atoms with Crippen LogP contribution >= 0.6 is 11.6 Å². The summed E-state index contributed by atoms with van der Waals surface area (Å²) in [6.07, 6.45) is 0. The Balaban J connectivity index is 2.19. The molecule has 1 aliphatic heterocycles. The lowest BCUT2D eigenvalue weighted by atomic mass is 10.0. The quantitative estimate of drug-likeness (QED) is 0.868. The summed E-state index contributed by atoms with van der Waals surface area (Å²) in [7, 11) is 2.12. The predicted molar refractivity (Wildman–Crippen MR) is 74.0 cm³/mol. The van der Waals surface area contributed by atoms with Crippen molar-refractivity contribution < 1.29 is 5.11 Å². The largest absolute Gasteiger partial charge is 0.508 e. The number of nitrogens with two attached hydrogens (primary N) is 1. The van der Waals surface area contributed by atoms with Crippen molar-refractivity contribution >= 4 is 11.6 Å². The first-order valence-electron chi connectivity index (χ1n) is 6.23. The summed E-state index contributed by atoms with van der Waals surface area (Å²) in [5.74, 6) is 0.272. The van der Waals surface area contributed by atoms with Crippen molar-refractivity contribution in [1.82, 2.24) is 9.80 Å². The highest BCUT2D eigenvalue weighted by atomic mass is 35.5. The van der Waals surface area contributed by atoms with E-state index in [0.29, 0.717) is 11.6 Å². The third-order valence-corrected chi connectivity index (χ3v) is 3.79. The van der Waals surface area contributed by atoms with Crippen molar-refractivity contribution in [3.8, 4) is 5.75 Å². The number of hydrogen-bond donors (Lipinski definition) is 2. The fourth-order valence-corrected chi connectivity index (χ4v) is 2.58. The van der Waals surface area contributed by atoms with Crippen LogP contribution in [-0.4, -0.2) is 54.7 Å². The van der Waals surface area contributed by atoms with Crippen LogP contribution in [0.4, 0.5) is 0 Å². The smallest absolute Gasteiger partial charge is 0.120 e. The Labute approximate surface area is 113 Å². The second-order valence-corrected chi connectivity index (χ2v) is 5.23. The van der Waals surface area contributed by atoms with E-state index in [1.807, 2.05) is 6.07 Å². The van der Waals surface area contributed by atoms with E-state index in [2.05, 4.69) is 16.8 Å². The molecular weight excluding hydrogens is 250 g/mol. The van der Waals surface area contributed by atoms with E-state index in [0.717, 1.165) is 31.7 Å². The van der Waals surface area contributed by atoms with Gasteiger partial charge in [0.25, 0.3) is 0 Å². The Hall–Kier alpha value is -0.810. The van der Waals surface area contributed by atoms with E-state index in [4.69, 9.17) is 17.3 Å². The molecule has 3 N–H and O–H groups in total. The van der Waals surface area contributed by atoms with Gasteiger partial charge in [-0.15, -0.1) is 0 Å². The molecule has 4 nitrogen and oxygen atoms in total. The van der Waals surface area contributed by atoms with Gasteiger partial charge in [0.05, 0.1) is 6.04 Å². The van der Waals surface area contributed by atoms with Gasteiger partial charge in [-0.3, -0.25) is 4.90 Å². The molecule has 1 unspecified atom stereocenters. The third-order valence-electron chi connectivity index (χ3n) is 3.55. The first-order chi connectivity index (χ1) is 8.61. The number of rotatable bonds is 3. The molecule has 0 amide bonds. The van der Waals surface area contributed by atoms with Crippen LogP contribution in [0.2, 0.25) is 5.02 Å². The van der Waals surface area contributed by atoms with Gasteiger partial charge in [0.2, 0.25) is 0 Å². The van der Waals surface area contributed by atoms with Crippen LogP contribution in [0.5, 0.6) is 5.75 Å². The van der Waals surface area contributed by atoms with Crippen LogP contribution < -0.4 is 5.73 Å².